The molecular formula is C9H20N2O. The number of amides is 1. The van der Waals surface area contributed by atoms with Gasteiger partial charge < -0.3 is 10.2 Å². The van der Waals surface area contributed by atoms with Gasteiger partial charge in [0.2, 0.25) is 5.91 Å². The fourth-order valence-corrected chi connectivity index (χ4v) is 1.03. The van der Waals surface area contributed by atoms with Gasteiger partial charge in [-0.1, -0.05) is 0 Å². The van der Waals surface area contributed by atoms with Crippen molar-refractivity contribution < 1.29 is 4.79 Å². The zero-order valence-electron chi connectivity index (χ0n) is 8.55. The molecule has 0 fully saturated rings. The average Bonchev–Trinajstić information content (AvgIpc) is 2.04. The molecule has 1 amide bonds. The number of carbonyl (C=O) groups is 1. The molecule has 0 aromatic rings. The Balaban J connectivity index is 3.65. The maximum absolute atomic E-state index is 11.0. The minimum atomic E-state index is 0.167. The van der Waals surface area contributed by atoms with Crippen LogP contribution in [-0.4, -0.2) is 37.0 Å². The van der Waals surface area contributed by atoms with Crippen LogP contribution in [0.1, 0.15) is 27.2 Å². The molecule has 1 N–H and O–H groups in total. The lowest BCUT2D eigenvalue weighted by Gasteiger charge is -2.20. The second-order valence-electron chi connectivity index (χ2n) is 3.08. The first-order valence-corrected chi connectivity index (χ1v) is 4.54. The van der Waals surface area contributed by atoms with Crippen LogP contribution >= 0.6 is 0 Å². The van der Waals surface area contributed by atoms with E-state index >= 15 is 0 Å². The van der Waals surface area contributed by atoms with Gasteiger partial charge in [0.15, 0.2) is 0 Å². The van der Waals surface area contributed by atoms with Crippen LogP contribution in [0.25, 0.3) is 0 Å². The molecule has 3 nitrogen and oxygen atoms in total. The van der Waals surface area contributed by atoms with E-state index in [0.717, 1.165) is 19.5 Å². The first-order chi connectivity index (χ1) is 5.61. The fraction of sp³-hybridized carbons (Fsp3) is 0.889. The summed E-state index contributed by atoms with van der Waals surface area (Å²) in [5.41, 5.74) is 0. The van der Waals surface area contributed by atoms with Crippen LogP contribution in [0.4, 0.5) is 0 Å². The molecular weight excluding hydrogens is 152 g/mol. The first kappa shape index (κ1) is 11.4. The molecule has 0 radical (unpaired) electrons. The highest BCUT2D eigenvalue weighted by atomic mass is 16.2. The van der Waals surface area contributed by atoms with E-state index in [9.17, 15) is 4.79 Å². The van der Waals surface area contributed by atoms with Crippen molar-refractivity contribution in [1.82, 2.24) is 10.2 Å². The van der Waals surface area contributed by atoms with E-state index < -0.39 is 0 Å². The third kappa shape index (κ3) is 4.34. The monoisotopic (exact) mass is 172 g/mol. The van der Waals surface area contributed by atoms with E-state index in [-0.39, 0.29) is 5.91 Å². The predicted molar refractivity (Wildman–Crippen MR) is 51.1 cm³/mol. The van der Waals surface area contributed by atoms with E-state index in [4.69, 9.17) is 0 Å². The molecule has 0 bridgehead atoms. The lowest BCUT2D eigenvalue weighted by Crippen LogP contribution is -2.33. The standard InChI is InChI=1S/C9H20N2O/c1-5-11(9(3)12)7-6-8(2)10-4/h8,10H,5-7H2,1-4H3. The number of rotatable bonds is 5. The Hall–Kier alpha value is -0.570. The van der Waals surface area contributed by atoms with Gasteiger partial charge in [-0.2, -0.15) is 0 Å². The van der Waals surface area contributed by atoms with E-state index in [0.29, 0.717) is 6.04 Å². The highest BCUT2D eigenvalue weighted by Crippen LogP contribution is 1.95. The predicted octanol–water partition coefficient (Wildman–Crippen LogP) is 0.853. The maximum atomic E-state index is 11.0. The van der Waals surface area contributed by atoms with Gasteiger partial charge in [0.1, 0.15) is 0 Å². The fourth-order valence-electron chi connectivity index (χ4n) is 1.03. The van der Waals surface area contributed by atoms with Gasteiger partial charge in [0.25, 0.3) is 0 Å². The second kappa shape index (κ2) is 6.00. The van der Waals surface area contributed by atoms with Gasteiger partial charge in [-0.15, -0.1) is 0 Å². The topological polar surface area (TPSA) is 32.3 Å². The molecule has 12 heavy (non-hydrogen) atoms. The largest absolute Gasteiger partial charge is 0.343 e. The Kier molecular flexibility index (Phi) is 5.72. The van der Waals surface area contributed by atoms with Crippen molar-refractivity contribution in [1.29, 1.82) is 0 Å². The molecule has 0 aromatic carbocycles. The van der Waals surface area contributed by atoms with Gasteiger partial charge in [-0.05, 0) is 27.3 Å². The van der Waals surface area contributed by atoms with Crippen LogP contribution in [0.15, 0.2) is 0 Å². The summed E-state index contributed by atoms with van der Waals surface area (Å²) in [4.78, 5) is 12.8. The highest BCUT2D eigenvalue weighted by Gasteiger charge is 2.06. The number of nitrogens with one attached hydrogen (secondary N) is 1. The van der Waals surface area contributed by atoms with Crippen LogP contribution < -0.4 is 5.32 Å². The van der Waals surface area contributed by atoms with Crippen molar-refractivity contribution in [2.75, 3.05) is 20.1 Å². The molecule has 0 aliphatic rings. The van der Waals surface area contributed by atoms with Crippen molar-refractivity contribution in [3.05, 3.63) is 0 Å². The van der Waals surface area contributed by atoms with Crippen molar-refractivity contribution >= 4 is 5.91 Å². The van der Waals surface area contributed by atoms with Crippen molar-refractivity contribution in [3.63, 3.8) is 0 Å². The molecule has 1 atom stereocenters. The van der Waals surface area contributed by atoms with Crippen LogP contribution in [0.5, 0.6) is 0 Å². The Morgan fingerprint density at radius 1 is 1.58 bits per heavy atom. The number of hydrogen-bond donors (Lipinski definition) is 1. The third-order valence-electron chi connectivity index (χ3n) is 2.15. The summed E-state index contributed by atoms with van der Waals surface area (Å²) < 4.78 is 0. The van der Waals surface area contributed by atoms with Crippen LogP contribution in [0.2, 0.25) is 0 Å². The van der Waals surface area contributed by atoms with Gasteiger partial charge in [-0.25, -0.2) is 0 Å². The molecule has 0 saturated heterocycles. The molecule has 0 aromatic heterocycles. The first-order valence-electron chi connectivity index (χ1n) is 4.54. The summed E-state index contributed by atoms with van der Waals surface area (Å²) >= 11 is 0. The lowest BCUT2D eigenvalue weighted by molar-refractivity contribution is -0.128. The maximum Gasteiger partial charge on any atom is 0.219 e. The third-order valence-corrected chi connectivity index (χ3v) is 2.15. The number of carbonyl (C=O) groups excluding carboxylic acids is 1. The molecule has 0 spiro atoms. The quantitative estimate of drug-likeness (QED) is 0.667. The van der Waals surface area contributed by atoms with Crippen molar-refractivity contribution in [2.24, 2.45) is 0 Å². The van der Waals surface area contributed by atoms with Crippen molar-refractivity contribution in [3.8, 4) is 0 Å². The Morgan fingerprint density at radius 3 is 2.50 bits per heavy atom. The van der Waals surface area contributed by atoms with Crippen LogP contribution in [0, 0.1) is 0 Å². The molecule has 3 heteroatoms. The lowest BCUT2D eigenvalue weighted by atomic mass is 10.2. The summed E-state index contributed by atoms with van der Waals surface area (Å²) in [7, 11) is 1.94. The minimum absolute atomic E-state index is 0.167. The Bertz CT molecular complexity index is 136. The molecule has 0 saturated carbocycles. The van der Waals surface area contributed by atoms with Crippen molar-refractivity contribution in [2.45, 2.75) is 33.2 Å². The SMILES string of the molecule is CCN(CCC(C)NC)C(C)=O. The summed E-state index contributed by atoms with van der Waals surface area (Å²) in [5, 5.41) is 3.15. The highest BCUT2D eigenvalue weighted by molar-refractivity contribution is 5.73. The smallest absolute Gasteiger partial charge is 0.219 e. The average molecular weight is 172 g/mol. The van der Waals surface area contributed by atoms with Gasteiger partial charge in [-0.3, -0.25) is 4.79 Å². The molecule has 0 heterocycles. The molecule has 0 rings (SSSR count). The summed E-state index contributed by atoms with van der Waals surface area (Å²) in [5.74, 6) is 0.167. The zero-order chi connectivity index (χ0) is 9.56. The van der Waals surface area contributed by atoms with E-state index in [1.54, 1.807) is 6.92 Å². The van der Waals surface area contributed by atoms with Gasteiger partial charge >= 0.3 is 0 Å². The van der Waals surface area contributed by atoms with E-state index in [1.165, 1.54) is 0 Å². The Labute approximate surface area is 75.1 Å². The second-order valence-corrected chi connectivity index (χ2v) is 3.08. The van der Waals surface area contributed by atoms with Gasteiger partial charge in [0.05, 0.1) is 0 Å². The summed E-state index contributed by atoms with van der Waals surface area (Å²) in [6.45, 7) is 7.41. The van der Waals surface area contributed by atoms with Crippen LogP contribution in [0.3, 0.4) is 0 Å². The molecule has 0 aliphatic heterocycles. The van der Waals surface area contributed by atoms with E-state index in [2.05, 4.69) is 12.2 Å². The zero-order valence-corrected chi connectivity index (χ0v) is 8.55. The van der Waals surface area contributed by atoms with E-state index in [1.807, 2.05) is 18.9 Å². The summed E-state index contributed by atoms with van der Waals surface area (Å²) in [6, 6.07) is 0.485. The minimum Gasteiger partial charge on any atom is -0.343 e. The number of nitrogens with zero attached hydrogens (tertiary/aromatic N) is 1. The van der Waals surface area contributed by atoms with Gasteiger partial charge in [0, 0.05) is 26.1 Å². The number of hydrogen-bond acceptors (Lipinski definition) is 2. The molecule has 0 aliphatic carbocycles. The molecule has 72 valence electrons. The summed E-state index contributed by atoms with van der Waals surface area (Å²) in [6.07, 6.45) is 1.02. The Morgan fingerprint density at radius 2 is 2.17 bits per heavy atom. The normalized spacial score (nSPS) is 12.7. The van der Waals surface area contributed by atoms with Crippen LogP contribution in [-0.2, 0) is 4.79 Å². The molecule has 1 unspecified atom stereocenters.